The summed E-state index contributed by atoms with van der Waals surface area (Å²) in [4.78, 5) is 0. The Bertz CT molecular complexity index is 525. The smallest absolute Gasteiger partial charge is 0.160 e. The van der Waals surface area contributed by atoms with Crippen molar-refractivity contribution in [2.24, 2.45) is 0 Å². The van der Waals surface area contributed by atoms with E-state index in [1.807, 2.05) is 0 Å². The lowest BCUT2D eigenvalue weighted by molar-refractivity contribution is 0.559. The molecule has 1 N–H and O–H groups in total. The molecule has 18 heavy (non-hydrogen) atoms. The molecule has 100 valence electrons. The second kappa shape index (κ2) is 5.23. The van der Waals surface area contributed by atoms with E-state index in [4.69, 9.17) is 23.2 Å². The molecule has 1 heterocycles. The van der Waals surface area contributed by atoms with Gasteiger partial charge in [0, 0.05) is 11.7 Å². The third kappa shape index (κ3) is 3.28. The lowest BCUT2D eigenvalue weighted by Crippen LogP contribution is -2.32. The molecule has 0 amide bonds. The second-order valence-electron chi connectivity index (χ2n) is 4.32. The molecule has 7 heteroatoms. The number of anilines is 1. The molecule has 0 atom stereocenters. The van der Waals surface area contributed by atoms with E-state index in [-0.39, 0.29) is 27.6 Å². The molecule has 1 aliphatic rings. The van der Waals surface area contributed by atoms with Crippen molar-refractivity contribution in [1.82, 2.24) is 0 Å². The van der Waals surface area contributed by atoms with Crippen molar-refractivity contribution < 1.29 is 12.8 Å². The molecule has 1 aromatic rings. The van der Waals surface area contributed by atoms with E-state index < -0.39 is 15.7 Å². The first-order valence-corrected chi connectivity index (χ1v) is 8.06. The van der Waals surface area contributed by atoms with Crippen LogP contribution in [0.1, 0.15) is 12.8 Å². The van der Waals surface area contributed by atoms with Gasteiger partial charge in [0.1, 0.15) is 9.84 Å². The number of hydrogen-bond donors (Lipinski definition) is 1. The summed E-state index contributed by atoms with van der Waals surface area (Å²) in [5.41, 5.74) is 0.607. The molecule has 1 aliphatic heterocycles. The molecule has 0 saturated carbocycles. The number of rotatable bonds is 2. The van der Waals surface area contributed by atoms with Gasteiger partial charge in [0.15, 0.2) is 5.82 Å². The van der Waals surface area contributed by atoms with E-state index in [9.17, 15) is 12.8 Å². The zero-order chi connectivity index (χ0) is 13.3. The number of nitrogens with one attached hydrogen (secondary N) is 1. The van der Waals surface area contributed by atoms with E-state index >= 15 is 0 Å². The predicted molar refractivity (Wildman–Crippen MR) is 71.7 cm³/mol. The fourth-order valence-electron chi connectivity index (χ4n) is 1.91. The number of hydrogen-bond acceptors (Lipinski definition) is 3. The highest BCUT2D eigenvalue weighted by Gasteiger charge is 2.23. The van der Waals surface area contributed by atoms with Gasteiger partial charge in [-0.25, -0.2) is 12.8 Å². The van der Waals surface area contributed by atoms with Crippen LogP contribution in [-0.2, 0) is 9.84 Å². The van der Waals surface area contributed by atoms with Gasteiger partial charge in [-0.3, -0.25) is 0 Å². The van der Waals surface area contributed by atoms with E-state index in [1.54, 1.807) is 0 Å². The number of sulfone groups is 1. The number of benzene rings is 1. The van der Waals surface area contributed by atoms with Crippen LogP contribution in [0.3, 0.4) is 0 Å². The second-order valence-corrected chi connectivity index (χ2v) is 7.44. The molecule has 0 unspecified atom stereocenters. The standard InChI is InChI=1S/C11H12Cl2FNO2S/c12-9-5-8(6-10(13)11(9)14)15-7-1-3-18(16,17)4-2-7/h5-7,15H,1-4H2. The van der Waals surface area contributed by atoms with Gasteiger partial charge in [-0.1, -0.05) is 23.2 Å². The molecule has 1 aromatic carbocycles. The van der Waals surface area contributed by atoms with Gasteiger partial charge in [0.2, 0.25) is 0 Å². The summed E-state index contributed by atoms with van der Waals surface area (Å²) in [6.07, 6.45) is 1.07. The van der Waals surface area contributed by atoms with Crippen LogP contribution in [0, 0.1) is 5.82 Å². The third-order valence-electron chi connectivity index (χ3n) is 2.91. The van der Waals surface area contributed by atoms with Gasteiger partial charge >= 0.3 is 0 Å². The zero-order valence-electron chi connectivity index (χ0n) is 9.42. The molecule has 0 spiro atoms. The Morgan fingerprint density at radius 1 is 1.17 bits per heavy atom. The maximum atomic E-state index is 13.2. The van der Waals surface area contributed by atoms with Crippen LogP contribution in [0.5, 0.6) is 0 Å². The monoisotopic (exact) mass is 311 g/mol. The highest BCUT2D eigenvalue weighted by Crippen LogP contribution is 2.28. The Morgan fingerprint density at radius 2 is 1.67 bits per heavy atom. The topological polar surface area (TPSA) is 46.2 Å². The summed E-state index contributed by atoms with van der Waals surface area (Å²) in [6, 6.07) is 2.95. The van der Waals surface area contributed by atoms with Gasteiger partial charge < -0.3 is 5.32 Å². The minimum absolute atomic E-state index is 0.0473. The third-order valence-corrected chi connectivity index (χ3v) is 5.17. The van der Waals surface area contributed by atoms with Gasteiger partial charge in [-0.05, 0) is 25.0 Å². The normalized spacial score (nSPS) is 19.7. The Morgan fingerprint density at radius 3 is 2.17 bits per heavy atom. The minimum Gasteiger partial charge on any atom is -0.382 e. The highest BCUT2D eigenvalue weighted by molar-refractivity contribution is 7.91. The van der Waals surface area contributed by atoms with Crippen molar-refractivity contribution in [3.8, 4) is 0 Å². The molecular weight excluding hydrogens is 300 g/mol. The lowest BCUT2D eigenvalue weighted by Gasteiger charge is -2.24. The molecule has 0 aromatic heterocycles. The first-order chi connectivity index (χ1) is 8.37. The quantitative estimate of drug-likeness (QED) is 0.854. The Balaban J connectivity index is 2.07. The maximum Gasteiger partial charge on any atom is 0.160 e. The van der Waals surface area contributed by atoms with Crippen molar-refractivity contribution in [3.05, 3.63) is 28.0 Å². The molecule has 0 aliphatic carbocycles. The highest BCUT2D eigenvalue weighted by atomic mass is 35.5. The van der Waals surface area contributed by atoms with Crippen LogP contribution >= 0.6 is 23.2 Å². The first kappa shape index (κ1) is 13.9. The van der Waals surface area contributed by atoms with Crippen molar-refractivity contribution in [3.63, 3.8) is 0 Å². The molecular formula is C11H12Cl2FNO2S. The molecule has 1 fully saturated rings. The molecule has 1 saturated heterocycles. The van der Waals surface area contributed by atoms with Crippen molar-refractivity contribution in [1.29, 1.82) is 0 Å². The van der Waals surface area contributed by atoms with Crippen LogP contribution in [0.25, 0.3) is 0 Å². The SMILES string of the molecule is O=S1(=O)CCC(Nc2cc(Cl)c(F)c(Cl)c2)CC1. The lowest BCUT2D eigenvalue weighted by atomic mass is 10.1. The summed E-state index contributed by atoms with van der Waals surface area (Å²) in [5, 5.41) is 3.03. The van der Waals surface area contributed by atoms with Crippen LogP contribution < -0.4 is 5.32 Å². The summed E-state index contributed by atoms with van der Waals surface area (Å²) in [5.74, 6) is -0.296. The summed E-state index contributed by atoms with van der Waals surface area (Å²) >= 11 is 11.4. The van der Waals surface area contributed by atoms with Crippen molar-refractivity contribution in [2.75, 3.05) is 16.8 Å². The van der Waals surface area contributed by atoms with E-state index in [0.29, 0.717) is 18.5 Å². The summed E-state index contributed by atoms with van der Waals surface area (Å²) in [7, 11) is -2.88. The van der Waals surface area contributed by atoms with Gasteiger partial charge in [-0.2, -0.15) is 0 Å². The van der Waals surface area contributed by atoms with Crippen LogP contribution in [0.4, 0.5) is 10.1 Å². The molecule has 0 radical (unpaired) electrons. The fraction of sp³-hybridized carbons (Fsp3) is 0.455. The van der Waals surface area contributed by atoms with Gasteiger partial charge in [0.25, 0.3) is 0 Å². The number of halogens is 3. The van der Waals surface area contributed by atoms with E-state index in [2.05, 4.69) is 5.32 Å². The largest absolute Gasteiger partial charge is 0.382 e. The van der Waals surface area contributed by atoms with E-state index in [1.165, 1.54) is 12.1 Å². The van der Waals surface area contributed by atoms with Crippen LogP contribution in [0.2, 0.25) is 10.0 Å². The Hall–Kier alpha value is -0.520. The van der Waals surface area contributed by atoms with Gasteiger partial charge in [-0.15, -0.1) is 0 Å². The minimum atomic E-state index is -2.88. The van der Waals surface area contributed by atoms with Crippen LogP contribution in [-0.4, -0.2) is 26.0 Å². The summed E-state index contributed by atoms with van der Waals surface area (Å²) in [6.45, 7) is 0. The zero-order valence-corrected chi connectivity index (χ0v) is 11.7. The summed E-state index contributed by atoms with van der Waals surface area (Å²) < 4.78 is 35.8. The van der Waals surface area contributed by atoms with Crippen molar-refractivity contribution in [2.45, 2.75) is 18.9 Å². The maximum absolute atomic E-state index is 13.2. The first-order valence-electron chi connectivity index (χ1n) is 5.49. The fourth-order valence-corrected chi connectivity index (χ4v) is 3.89. The van der Waals surface area contributed by atoms with Crippen molar-refractivity contribution >= 4 is 38.7 Å². The van der Waals surface area contributed by atoms with Gasteiger partial charge in [0.05, 0.1) is 21.6 Å². The molecule has 0 bridgehead atoms. The van der Waals surface area contributed by atoms with Crippen LogP contribution in [0.15, 0.2) is 12.1 Å². The Kier molecular flexibility index (Phi) is 4.04. The molecule has 3 nitrogen and oxygen atoms in total. The molecule has 2 rings (SSSR count). The Labute approximate surface area is 115 Å². The average Bonchev–Trinajstić information content (AvgIpc) is 2.29. The predicted octanol–water partition coefficient (Wildman–Crippen LogP) is 3.12. The average molecular weight is 312 g/mol. The van der Waals surface area contributed by atoms with E-state index in [0.717, 1.165) is 0 Å².